The van der Waals surface area contributed by atoms with Gasteiger partial charge in [0.15, 0.2) is 0 Å². The molecule has 0 radical (unpaired) electrons. The molecule has 0 bridgehead atoms. The van der Waals surface area contributed by atoms with Gasteiger partial charge in [-0.3, -0.25) is 0 Å². The second-order valence-corrected chi connectivity index (χ2v) is 3.02. The quantitative estimate of drug-likeness (QED) is 0.582. The number of hydrogen-bond acceptors (Lipinski definition) is 0. The van der Waals surface area contributed by atoms with E-state index < -0.39 is 5.82 Å². The molecule has 1 rings (SSSR count). The van der Waals surface area contributed by atoms with Gasteiger partial charge in [0.1, 0.15) is 5.82 Å². The van der Waals surface area contributed by atoms with E-state index in [-0.39, 0.29) is 5.69 Å². The highest BCUT2D eigenvalue weighted by Crippen LogP contribution is 2.25. The second kappa shape index (κ2) is 3.02. The molecule has 0 fully saturated rings. The van der Waals surface area contributed by atoms with Crippen LogP contribution in [0.1, 0.15) is 5.56 Å². The zero-order chi connectivity index (χ0) is 8.43. The third-order valence-corrected chi connectivity index (χ3v) is 2.20. The summed E-state index contributed by atoms with van der Waals surface area (Å²) < 4.78 is 13.5. The third-order valence-electron chi connectivity index (χ3n) is 1.35. The molecule has 0 saturated heterocycles. The molecule has 0 atom stereocenters. The van der Waals surface area contributed by atoms with E-state index in [9.17, 15) is 4.39 Å². The highest BCUT2D eigenvalue weighted by Gasteiger charge is 2.03. The van der Waals surface area contributed by atoms with Crippen molar-refractivity contribution in [3.8, 4) is 0 Å². The maximum absolute atomic E-state index is 12.8. The molecule has 0 unspecified atom stereocenters. The van der Waals surface area contributed by atoms with Gasteiger partial charge in [-0.1, -0.05) is 15.9 Å². The van der Waals surface area contributed by atoms with Crippen molar-refractivity contribution in [1.82, 2.24) is 0 Å². The number of nitrogens with zero attached hydrogens (tertiary/aromatic N) is 1. The summed E-state index contributed by atoms with van der Waals surface area (Å²) in [5.41, 5.74) is 0.947. The minimum absolute atomic E-state index is 0.0747. The SMILES string of the molecule is [C-]#[N+]c1cc(C)c(Br)cc1F. The van der Waals surface area contributed by atoms with Crippen LogP contribution in [0.25, 0.3) is 4.85 Å². The molecule has 11 heavy (non-hydrogen) atoms. The molecule has 3 heteroatoms. The van der Waals surface area contributed by atoms with Crippen LogP contribution in [0.15, 0.2) is 16.6 Å². The van der Waals surface area contributed by atoms with Gasteiger partial charge in [-0.05, 0) is 24.6 Å². The second-order valence-electron chi connectivity index (χ2n) is 2.16. The molecule has 0 aliphatic carbocycles. The van der Waals surface area contributed by atoms with Gasteiger partial charge in [-0.2, -0.15) is 0 Å². The van der Waals surface area contributed by atoms with Crippen molar-refractivity contribution < 1.29 is 4.39 Å². The molecule has 1 aromatic carbocycles. The molecule has 1 aromatic rings. The zero-order valence-electron chi connectivity index (χ0n) is 5.86. The van der Waals surface area contributed by atoms with E-state index in [1.165, 1.54) is 12.1 Å². The standard InChI is InChI=1S/C8H5BrFN/c1-5-3-8(11-2)7(10)4-6(5)9/h3-4H,1H3. The van der Waals surface area contributed by atoms with Crippen LogP contribution in [-0.2, 0) is 0 Å². The minimum atomic E-state index is -0.475. The first-order valence-electron chi connectivity index (χ1n) is 2.98. The van der Waals surface area contributed by atoms with Crippen molar-refractivity contribution >= 4 is 21.6 Å². The monoisotopic (exact) mass is 213 g/mol. The summed E-state index contributed by atoms with van der Waals surface area (Å²) in [7, 11) is 0. The molecule has 0 aromatic heterocycles. The van der Waals surface area contributed by atoms with Gasteiger partial charge in [-0.15, -0.1) is 0 Å². The Morgan fingerprint density at radius 2 is 2.18 bits per heavy atom. The smallest absolute Gasteiger partial charge is 0.222 e. The van der Waals surface area contributed by atoms with Crippen LogP contribution in [0.3, 0.4) is 0 Å². The number of aryl methyl sites for hydroxylation is 1. The maximum atomic E-state index is 12.8. The van der Waals surface area contributed by atoms with E-state index in [2.05, 4.69) is 20.8 Å². The molecular weight excluding hydrogens is 209 g/mol. The lowest BCUT2D eigenvalue weighted by molar-refractivity contribution is 0.632. The molecular formula is C8H5BrFN. The first-order valence-corrected chi connectivity index (χ1v) is 3.77. The van der Waals surface area contributed by atoms with Gasteiger partial charge in [0.05, 0.1) is 6.57 Å². The fraction of sp³-hybridized carbons (Fsp3) is 0.125. The Kier molecular flexibility index (Phi) is 2.25. The molecule has 0 saturated carbocycles. The summed E-state index contributed by atoms with van der Waals surface area (Å²) in [6.45, 7) is 8.44. The van der Waals surface area contributed by atoms with Crippen molar-refractivity contribution in [2.45, 2.75) is 6.92 Å². The van der Waals surface area contributed by atoms with Crippen LogP contribution in [0, 0.1) is 19.3 Å². The van der Waals surface area contributed by atoms with Gasteiger partial charge in [0.25, 0.3) is 0 Å². The number of benzene rings is 1. The predicted octanol–water partition coefficient (Wildman–Crippen LogP) is 3.45. The van der Waals surface area contributed by atoms with E-state index in [4.69, 9.17) is 6.57 Å². The van der Waals surface area contributed by atoms with Crippen molar-refractivity contribution in [2.24, 2.45) is 0 Å². The highest BCUT2D eigenvalue weighted by atomic mass is 79.9. The van der Waals surface area contributed by atoms with E-state index in [0.29, 0.717) is 4.47 Å². The van der Waals surface area contributed by atoms with Crippen LogP contribution in [0.2, 0.25) is 0 Å². The van der Waals surface area contributed by atoms with E-state index in [0.717, 1.165) is 5.56 Å². The van der Waals surface area contributed by atoms with Gasteiger partial charge >= 0.3 is 0 Å². The Morgan fingerprint density at radius 3 is 2.73 bits per heavy atom. The van der Waals surface area contributed by atoms with E-state index in [1.807, 2.05) is 6.92 Å². The summed E-state index contributed by atoms with van der Waals surface area (Å²) in [6, 6.07) is 2.83. The molecule has 0 amide bonds. The Hall–Kier alpha value is -0.880. The van der Waals surface area contributed by atoms with Crippen molar-refractivity contribution in [3.05, 3.63) is 39.4 Å². The normalized spacial score (nSPS) is 9.27. The Balaban J connectivity index is 3.35. The Morgan fingerprint density at radius 1 is 1.55 bits per heavy atom. The van der Waals surface area contributed by atoms with Gasteiger partial charge in [0.2, 0.25) is 5.69 Å². The lowest BCUT2D eigenvalue weighted by Gasteiger charge is -1.98. The first-order chi connectivity index (χ1) is 5.15. The average Bonchev–Trinajstić information content (AvgIpc) is 1.97. The third kappa shape index (κ3) is 1.58. The van der Waals surface area contributed by atoms with Crippen molar-refractivity contribution in [1.29, 1.82) is 0 Å². The van der Waals surface area contributed by atoms with Crippen LogP contribution < -0.4 is 0 Å². The van der Waals surface area contributed by atoms with Crippen LogP contribution in [0.4, 0.5) is 10.1 Å². The summed E-state index contributed by atoms with van der Waals surface area (Å²) in [4.78, 5) is 3.03. The maximum Gasteiger partial charge on any atom is 0.222 e. The predicted molar refractivity (Wildman–Crippen MR) is 45.1 cm³/mol. The largest absolute Gasteiger partial charge is 0.235 e. The minimum Gasteiger partial charge on any atom is -0.235 e. The van der Waals surface area contributed by atoms with Gasteiger partial charge in [0, 0.05) is 4.47 Å². The summed E-state index contributed by atoms with van der Waals surface area (Å²) in [6.07, 6.45) is 0. The summed E-state index contributed by atoms with van der Waals surface area (Å²) >= 11 is 3.17. The van der Waals surface area contributed by atoms with Gasteiger partial charge < -0.3 is 0 Å². The number of rotatable bonds is 0. The molecule has 1 nitrogen and oxygen atoms in total. The molecule has 0 N–H and O–H groups in total. The number of hydrogen-bond donors (Lipinski definition) is 0. The lowest BCUT2D eigenvalue weighted by atomic mass is 10.2. The van der Waals surface area contributed by atoms with E-state index in [1.54, 1.807) is 0 Å². The fourth-order valence-corrected chi connectivity index (χ4v) is 1.04. The molecule has 0 aliphatic rings. The Labute approximate surface area is 72.8 Å². The van der Waals surface area contributed by atoms with Gasteiger partial charge in [-0.25, -0.2) is 9.24 Å². The summed E-state index contributed by atoms with van der Waals surface area (Å²) in [5, 5.41) is 0. The number of halogens is 2. The average molecular weight is 214 g/mol. The van der Waals surface area contributed by atoms with Crippen molar-refractivity contribution in [3.63, 3.8) is 0 Å². The van der Waals surface area contributed by atoms with E-state index >= 15 is 0 Å². The van der Waals surface area contributed by atoms with Crippen LogP contribution in [0.5, 0.6) is 0 Å². The fourth-order valence-electron chi connectivity index (χ4n) is 0.728. The molecule has 0 heterocycles. The Bertz CT molecular complexity index is 328. The lowest BCUT2D eigenvalue weighted by Crippen LogP contribution is -1.79. The molecule has 56 valence electrons. The zero-order valence-corrected chi connectivity index (χ0v) is 7.44. The first kappa shape index (κ1) is 8.22. The molecule has 0 aliphatic heterocycles. The van der Waals surface area contributed by atoms with Crippen LogP contribution >= 0.6 is 15.9 Å². The highest BCUT2D eigenvalue weighted by molar-refractivity contribution is 9.10. The summed E-state index contributed by atoms with van der Waals surface area (Å²) in [5.74, 6) is -0.475. The topological polar surface area (TPSA) is 4.36 Å². The van der Waals surface area contributed by atoms with Crippen LogP contribution in [-0.4, -0.2) is 0 Å². The molecule has 0 spiro atoms. The van der Waals surface area contributed by atoms with Crippen molar-refractivity contribution in [2.75, 3.05) is 0 Å².